The Hall–Kier alpha value is -3.74. The first-order chi connectivity index (χ1) is 15.7. The van der Waals surface area contributed by atoms with Gasteiger partial charge in [-0.1, -0.05) is 30.0 Å². The Kier molecular flexibility index (Phi) is 7.43. The highest BCUT2D eigenvalue weighted by atomic mass is 32.2. The summed E-state index contributed by atoms with van der Waals surface area (Å²) in [4.78, 5) is 12.1. The first kappa shape index (κ1) is 23.9. The van der Waals surface area contributed by atoms with Crippen molar-refractivity contribution in [1.82, 2.24) is 14.9 Å². The van der Waals surface area contributed by atoms with E-state index in [0.717, 1.165) is 34.1 Å². The lowest BCUT2D eigenvalue weighted by Gasteiger charge is -2.09. The molecule has 9 nitrogen and oxygen atoms in total. The number of ether oxygens (including phenoxy) is 1. The summed E-state index contributed by atoms with van der Waals surface area (Å²) in [5, 5.41) is 14.6. The summed E-state index contributed by atoms with van der Waals surface area (Å²) in [7, 11) is 1.57. The van der Waals surface area contributed by atoms with Crippen molar-refractivity contribution >= 4 is 35.0 Å². The van der Waals surface area contributed by atoms with Crippen LogP contribution in [-0.4, -0.2) is 39.4 Å². The molecule has 0 atom stereocenters. The number of hydrogen-bond donors (Lipinski definition) is 3. The number of amides is 1. The second-order valence-electron chi connectivity index (χ2n) is 6.63. The molecule has 0 spiro atoms. The molecule has 13 heteroatoms. The molecule has 0 aliphatic carbocycles. The van der Waals surface area contributed by atoms with E-state index >= 15 is 0 Å². The van der Waals surface area contributed by atoms with Crippen molar-refractivity contribution in [3.63, 3.8) is 0 Å². The number of hydrazone groups is 1. The lowest BCUT2D eigenvalue weighted by molar-refractivity contribution is -0.137. The number of aromatic nitrogens is 3. The van der Waals surface area contributed by atoms with E-state index in [2.05, 4.69) is 26.0 Å². The predicted octanol–water partition coefficient (Wildman–Crippen LogP) is 3.59. The summed E-state index contributed by atoms with van der Waals surface area (Å²) in [5.41, 5.74) is 3.36. The molecule has 33 heavy (non-hydrogen) atoms. The molecule has 3 rings (SSSR count). The highest BCUT2D eigenvalue weighted by molar-refractivity contribution is 7.99. The molecule has 0 unspecified atom stereocenters. The van der Waals surface area contributed by atoms with E-state index in [1.54, 1.807) is 14.0 Å². The van der Waals surface area contributed by atoms with Crippen LogP contribution in [0.25, 0.3) is 0 Å². The van der Waals surface area contributed by atoms with Crippen LogP contribution >= 0.6 is 11.8 Å². The molecule has 1 heterocycles. The number of benzene rings is 2. The minimum Gasteiger partial charge on any atom is -0.497 e. The first-order valence-corrected chi connectivity index (χ1v) is 10.4. The van der Waals surface area contributed by atoms with E-state index in [1.807, 2.05) is 24.3 Å². The van der Waals surface area contributed by atoms with Gasteiger partial charge in [0.15, 0.2) is 0 Å². The maximum atomic E-state index is 12.8. The number of nitrogen functional groups attached to an aromatic ring is 1. The van der Waals surface area contributed by atoms with E-state index in [4.69, 9.17) is 10.6 Å². The zero-order chi connectivity index (χ0) is 24.0. The molecule has 0 aliphatic heterocycles. The monoisotopic (exact) mass is 479 g/mol. The van der Waals surface area contributed by atoms with Gasteiger partial charge in [0.1, 0.15) is 5.75 Å². The molecule has 2 aromatic carbocycles. The van der Waals surface area contributed by atoms with Crippen molar-refractivity contribution in [1.29, 1.82) is 0 Å². The van der Waals surface area contributed by atoms with Crippen LogP contribution in [0.3, 0.4) is 0 Å². The van der Waals surface area contributed by atoms with Crippen molar-refractivity contribution in [2.75, 3.05) is 29.4 Å². The Balaban J connectivity index is 1.58. The molecule has 1 amide bonds. The first-order valence-electron chi connectivity index (χ1n) is 9.42. The molecule has 3 aromatic rings. The normalized spacial score (nSPS) is 11.8. The maximum Gasteiger partial charge on any atom is 0.416 e. The van der Waals surface area contributed by atoms with E-state index in [0.29, 0.717) is 11.5 Å². The van der Waals surface area contributed by atoms with Gasteiger partial charge < -0.3 is 15.9 Å². The van der Waals surface area contributed by atoms with Crippen LogP contribution in [0.2, 0.25) is 0 Å². The summed E-state index contributed by atoms with van der Waals surface area (Å²) in [5.74, 6) is 6.10. The quantitative estimate of drug-likeness (QED) is 0.196. The Morgan fingerprint density at radius 1 is 1.21 bits per heavy atom. The Morgan fingerprint density at radius 2 is 1.97 bits per heavy atom. The van der Waals surface area contributed by atoms with Gasteiger partial charge in [0, 0.05) is 11.3 Å². The molecule has 0 bridgehead atoms. The largest absolute Gasteiger partial charge is 0.497 e. The average molecular weight is 479 g/mol. The van der Waals surface area contributed by atoms with Crippen LogP contribution in [0.1, 0.15) is 18.1 Å². The fraction of sp³-hybridized carbons (Fsp3) is 0.200. The molecule has 0 fully saturated rings. The number of rotatable bonds is 8. The number of anilines is 2. The van der Waals surface area contributed by atoms with Crippen LogP contribution in [0.5, 0.6) is 5.75 Å². The summed E-state index contributed by atoms with van der Waals surface area (Å²) in [6.07, 6.45) is -4.50. The number of nitrogens with one attached hydrogen (secondary N) is 2. The van der Waals surface area contributed by atoms with Crippen molar-refractivity contribution in [3.05, 3.63) is 59.7 Å². The highest BCUT2D eigenvalue weighted by Gasteiger charge is 2.30. The molecule has 4 N–H and O–H groups in total. The maximum absolute atomic E-state index is 12.8. The van der Waals surface area contributed by atoms with Gasteiger partial charge in [-0.05, 0) is 37.3 Å². The summed E-state index contributed by atoms with van der Waals surface area (Å²) >= 11 is 0.966. The number of methoxy groups -OCH3 is 1. The van der Waals surface area contributed by atoms with Crippen molar-refractivity contribution in [2.45, 2.75) is 18.3 Å². The number of carbonyl (C=O) groups is 1. The molecular formula is C20H20F3N7O2S. The van der Waals surface area contributed by atoms with E-state index in [9.17, 15) is 18.0 Å². The zero-order valence-electron chi connectivity index (χ0n) is 17.6. The number of halogens is 3. The highest BCUT2D eigenvalue weighted by Crippen LogP contribution is 2.30. The third-order valence-corrected chi connectivity index (χ3v) is 5.22. The third-order valence-electron chi connectivity index (χ3n) is 4.28. The Bertz CT molecular complexity index is 1160. The van der Waals surface area contributed by atoms with Crippen molar-refractivity contribution in [3.8, 4) is 5.75 Å². The minimum absolute atomic E-state index is 0.0364. The van der Waals surface area contributed by atoms with Gasteiger partial charge in [0.05, 0.1) is 24.1 Å². The number of hydrogen-bond acceptors (Lipinski definition) is 8. The SMILES string of the molecule is COc1cccc(/C(C)=N/Nc2nnc(SCC(=O)Nc3cccc(C(F)(F)F)c3)n2N)c1. The average Bonchev–Trinajstić information content (AvgIpc) is 3.15. The molecule has 0 saturated carbocycles. The molecule has 0 radical (unpaired) electrons. The number of nitrogens with two attached hydrogens (primary N) is 1. The third kappa shape index (κ3) is 6.38. The van der Waals surface area contributed by atoms with Crippen LogP contribution in [-0.2, 0) is 11.0 Å². The lowest BCUT2D eigenvalue weighted by Crippen LogP contribution is -2.17. The van der Waals surface area contributed by atoms with Crippen molar-refractivity contribution < 1.29 is 22.7 Å². The zero-order valence-corrected chi connectivity index (χ0v) is 18.4. The standard InChI is InChI=1S/C20H20F3N7O2S/c1-12(13-5-3-8-16(9-13)32-2)26-27-18-28-29-19(30(18)24)33-11-17(31)25-15-7-4-6-14(10-15)20(21,22)23/h3-10H,11,24H2,1-2H3,(H,25,31)(H,27,28)/b26-12+. The summed E-state index contributed by atoms with van der Waals surface area (Å²) in [6.45, 7) is 1.78. The van der Waals surface area contributed by atoms with Gasteiger partial charge >= 0.3 is 6.18 Å². The topological polar surface area (TPSA) is 119 Å². The van der Waals surface area contributed by atoms with Gasteiger partial charge in [-0.15, -0.1) is 10.2 Å². The number of carbonyl (C=O) groups excluding carboxylic acids is 1. The predicted molar refractivity (Wildman–Crippen MR) is 120 cm³/mol. The van der Waals surface area contributed by atoms with E-state index in [-0.39, 0.29) is 22.5 Å². The van der Waals surface area contributed by atoms with Gasteiger partial charge in [0.2, 0.25) is 11.1 Å². The van der Waals surface area contributed by atoms with Crippen molar-refractivity contribution in [2.24, 2.45) is 5.10 Å². The van der Waals surface area contributed by atoms with Crippen LogP contribution < -0.4 is 21.3 Å². The fourth-order valence-corrected chi connectivity index (χ4v) is 3.26. The fourth-order valence-electron chi connectivity index (χ4n) is 2.60. The smallest absolute Gasteiger partial charge is 0.416 e. The summed E-state index contributed by atoms with van der Waals surface area (Å²) < 4.78 is 44.7. The number of nitrogens with zero attached hydrogens (tertiary/aromatic N) is 4. The van der Waals surface area contributed by atoms with Crippen LogP contribution in [0.15, 0.2) is 58.8 Å². The molecule has 0 aliphatic rings. The second-order valence-corrected chi connectivity index (χ2v) is 7.58. The van der Waals surface area contributed by atoms with E-state index in [1.165, 1.54) is 12.1 Å². The number of thioether (sulfide) groups is 1. The van der Waals surface area contributed by atoms with Gasteiger partial charge in [-0.2, -0.15) is 18.3 Å². The van der Waals surface area contributed by atoms with E-state index < -0.39 is 17.6 Å². The Morgan fingerprint density at radius 3 is 2.70 bits per heavy atom. The molecular weight excluding hydrogens is 459 g/mol. The van der Waals surface area contributed by atoms with Crippen LogP contribution in [0, 0.1) is 0 Å². The number of alkyl halides is 3. The lowest BCUT2D eigenvalue weighted by atomic mass is 10.1. The molecule has 1 aromatic heterocycles. The Labute approximate surface area is 191 Å². The molecule has 174 valence electrons. The van der Waals surface area contributed by atoms with Gasteiger partial charge in [-0.3, -0.25) is 4.79 Å². The van der Waals surface area contributed by atoms with Gasteiger partial charge in [0.25, 0.3) is 5.95 Å². The molecule has 0 saturated heterocycles. The van der Waals surface area contributed by atoms with Gasteiger partial charge in [-0.25, -0.2) is 10.1 Å². The second kappa shape index (κ2) is 10.3. The van der Waals surface area contributed by atoms with Crippen LogP contribution in [0.4, 0.5) is 24.8 Å². The minimum atomic E-state index is -4.50. The summed E-state index contributed by atoms with van der Waals surface area (Å²) in [6, 6.07) is 11.7.